The number of rotatable bonds is 16. The second-order valence-electron chi connectivity index (χ2n) is 13.5. The van der Waals surface area contributed by atoms with Gasteiger partial charge in [0.15, 0.2) is 0 Å². The monoisotopic (exact) mass is 640 g/mol. The van der Waals surface area contributed by atoms with E-state index >= 15 is 0 Å². The molecule has 3 aromatic rings. The summed E-state index contributed by atoms with van der Waals surface area (Å²) >= 11 is 0. The van der Waals surface area contributed by atoms with E-state index in [-0.39, 0.29) is 23.2 Å². The highest BCUT2D eigenvalue weighted by Crippen LogP contribution is 2.42. The molecule has 1 aliphatic rings. The molecule has 46 heavy (non-hydrogen) atoms. The smallest absolute Gasteiger partial charge is 0.328 e. The number of benzene rings is 3. The quantitative estimate of drug-likeness (QED) is 0.0738. The third kappa shape index (κ3) is 9.31. The summed E-state index contributed by atoms with van der Waals surface area (Å²) in [6.45, 7) is 9.55. The number of ether oxygens (including phenoxy) is 2. The molecule has 1 fully saturated rings. The standard InChI is InChI=1S/C40H52O5Si/c1-31(44-30-32-24-26-34(43-5)27-25-32)16-9-6-10-17-33-18-15-23-37(33)38(28-29-39(41)42)45-46(40(2,3)4,35-19-11-7-12-20-35)36-21-13-8-14-22-36/h7-8,10-14,17,19-22,24-29,31,33,37-38H,6,9,15-16,18,23,30H2,1-5H3,(H,41,42)/b17-10+,29-28+/t31-,33+,37+,38+/m0/s1. The summed E-state index contributed by atoms with van der Waals surface area (Å²) < 4.78 is 18.8. The van der Waals surface area contributed by atoms with Crippen molar-refractivity contribution in [2.75, 3.05) is 7.11 Å². The van der Waals surface area contributed by atoms with Gasteiger partial charge in [-0.25, -0.2) is 4.79 Å². The lowest BCUT2D eigenvalue weighted by Gasteiger charge is -2.46. The van der Waals surface area contributed by atoms with Crippen LogP contribution in [0.2, 0.25) is 5.04 Å². The first kappa shape index (κ1) is 35.4. The van der Waals surface area contributed by atoms with Crippen LogP contribution in [-0.4, -0.2) is 38.7 Å². The van der Waals surface area contributed by atoms with Crippen LogP contribution < -0.4 is 15.1 Å². The molecular formula is C40H52O5Si. The van der Waals surface area contributed by atoms with Gasteiger partial charge in [0.1, 0.15) is 5.75 Å². The first-order valence-corrected chi connectivity index (χ1v) is 18.7. The van der Waals surface area contributed by atoms with E-state index in [1.54, 1.807) is 7.11 Å². The second kappa shape index (κ2) is 16.9. The van der Waals surface area contributed by atoms with E-state index in [4.69, 9.17) is 13.9 Å². The number of aliphatic carboxylic acids is 1. The highest BCUT2D eigenvalue weighted by atomic mass is 28.4. The third-order valence-electron chi connectivity index (χ3n) is 9.26. The first-order chi connectivity index (χ1) is 22.1. The van der Waals surface area contributed by atoms with Gasteiger partial charge in [0.2, 0.25) is 0 Å². The Morgan fingerprint density at radius 3 is 2.15 bits per heavy atom. The Morgan fingerprint density at radius 1 is 0.957 bits per heavy atom. The fourth-order valence-corrected chi connectivity index (χ4v) is 11.5. The Balaban J connectivity index is 1.47. The van der Waals surface area contributed by atoms with Crippen LogP contribution in [0.1, 0.15) is 71.8 Å². The highest BCUT2D eigenvalue weighted by molar-refractivity contribution is 6.99. The van der Waals surface area contributed by atoms with Crippen LogP contribution in [0.4, 0.5) is 0 Å². The maximum absolute atomic E-state index is 11.8. The van der Waals surface area contributed by atoms with E-state index in [2.05, 4.69) is 88.4 Å². The molecule has 5 nitrogen and oxygen atoms in total. The van der Waals surface area contributed by atoms with Crippen LogP contribution >= 0.6 is 0 Å². The summed E-state index contributed by atoms with van der Waals surface area (Å²) in [5.74, 6) is 0.460. The highest BCUT2D eigenvalue weighted by Gasteiger charge is 2.52. The number of carboxylic acids is 1. The molecule has 0 aliphatic heterocycles. The molecule has 246 valence electrons. The summed E-state index contributed by atoms with van der Waals surface area (Å²) in [4.78, 5) is 11.8. The fraction of sp³-hybridized carbons (Fsp3) is 0.425. The maximum atomic E-state index is 11.8. The van der Waals surface area contributed by atoms with Crippen molar-refractivity contribution in [2.45, 2.75) is 90.1 Å². The van der Waals surface area contributed by atoms with Gasteiger partial charge in [-0.3, -0.25) is 0 Å². The van der Waals surface area contributed by atoms with Gasteiger partial charge in [-0.2, -0.15) is 0 Å². The summed E-state index contributed by atoms with van der Waals surface area (Å²) in [6.07, 6.45) is 13.9. The fourth-order valence-electron chi connectivity index (χ4n) is 6.84. The molecule has 1 saturated carbocycles. The van der Waals surface area contributed by atoms with E-state index < -0.39 is 14.3 Å². The lowest BCUT2D eigenvalue weighted by atomic mass is 9.89. The molecule has 0 aromatic heterocycles. The van der Waals surface area contributed by atoms with Crippen LogP contribution in [0.5, 0.6) is 5.75 Å². The number of unbranched alkanes of at least 4 members (excludes halogenated alkanes) is 1. The van der Waals surface area contributed by atoms with Gasteiger partial charge < -0.3 is 19.0 Å². The molecule has 4 atom stereocenters. The van der Waals surface area contributed by atoms with Crippen molar-refractivity contribution in [3.63, 3.8) is 0 Å². The average molecular weight is 641 g/mol. The Kier molecular flexibility index (Phi) is 13.0. The Bertz CT molecular complexity index is 1360. The van der Waals surface area contributed by atoms with E-state index in [9.17, 15) is 9.90 Å². The van der Waals surface area contributed by atoms with Crippen molar-refractivity contribution in [1.29, 1.82) is 0 Å². The minimum Gasteiger partial charge on any atom is -0.497 e. The maximum Gasteiger partial charge on any atom is 0.328 e. The molecule has 0 spiro atoms. The zero-order valence-electron chi connectivity index (χ0n) is 28.2. The van der Waals surface area contributed by atoms with Crippen LogP contribution in [0.15, 0.2) is 109 Å². The molecule has 0 saturated heterocycles. The molecule has 0 amide bonds. The largest absolute Gasteiger partial charge is 0.497 e. The molecular weight excluding hydrogens is 589 g/mol. The van der Waals surface area contributed by atoms with Crippen molar-refractivity contribution in [3.8, 4) is 5.75 Å². The first-order valence-electron chi connectivity index (χ1n) is 16.7. The van der Waals surface area contributed by atoms with Crippen LogP contribution in [0.3, 0.4) is 0 Å². The molecule has 1 N–H and O–H groups in total. The number of hydrogen-bond donors (Lipinski definition) is 1. The van der Waals surface area contributed by atoms with Crippen LogP contribution in [0, 0.1) is 11.8 Å². The van der Waals surface area contributed by atoms with E-state index in [0.717, 1.165) is 49.8 Å². The van der Waals surface area contributed by atoms with Gasteiger partial charge in [0, 0.05) is 6.08 Å². The molecule has 3 aromatic carbocycles. The van der Waals surface area contributed by atoms with Crippen molar-refractivity contribution in [3.05, 3.63) is 115 Å². The Hall–Kier alpha value is -3.45. The van der Waals surface area contributed by atoms with Crippen LogP contribution in [-0.2, 0) is 20.6 Å². The third-order valence-corrected chi connectivity index (χ3v) is 14.3. The average Bonchev–Trinajstić information content (AvgIpc) is 3.52. The molecule has 0 bridgehead atoms. The number of hydrogen-bond acceptors (Lipinski definition) is 4. The van der Waals surface area contributed by atoms with Gasteiger partial charge >= 0.3 is 5.97 Å². The van der Waals surface area contributed by atoms with Crippen molar-refractivity contribution >= 4 is 24.7 Å². The van der Waals surface area contributed by atoms with E-state index in [1.807, 2.05) is 42.5 Å². The predicted octanol–water partition coefficient (Wildman–Crippen LogP) is 8.33. The van der Waals surface area contributed by atoms with Gasteiger partial charge in [-0.15, -0.1) is 0 Å². The topological polar surface area (TPSA) is 65.0 Å². The zero-order chi connectivity index (χ0) is 33.0. The van der Waals surface area contributed by atoms with E-state index in [0.29, 0.717) is 12.5 Å². The minimum atomic E-state index is -2.86. The summed E-state index contributed by atoms with van der Waals surface area (Å²) in [5.41, 5.74) is 1.15. The predicted molar refractivity (Wildman–Crippen MR) is 190 cm³/mol. The minimum absolute atomic E-state index is 0.181. The van der Waals surface area contributed by atoms with Gasteiger partial charge in [-0.05, 0) is 90.0 Å². The number of methoxy groups -OCH3 is 1. The van der Waals surface area contributed by atoms with Crippen molar-refractivity contribution < 1.29 is 23.8 Å². The van der Waals surface area contributed by atoms with Crippen LogP contribution in [0.25, 0.3) is 0 Å². The lowest BCUT2D eigenvalue weighted by Crippen LogP contribution is -2.68. The Morgan fingerprint density at radius 2 is 1.59 bits per heavy atom. The number of carbonyl (C=O) groups is 1. The molecule has 4 rings (SSSR count). The summed E-state index contributed by atoms with van der Waals surface area (Å²) in [6, 6.07) is 29.2. The van der Waals surface area contributed by atoms with Gasteiger partial charge in [0.05, 0.1) is 25.9 Å². The Labute approximate surface area is 277 Å². The van der Waals surface area contributed by atoms with E-state index in [1.165, 1.54) is 16.4 Å². The normalized spacial score (nSPS) is 18.6. The SMILES string of the molecule is COc1ccc(CO[C@@H](C)CCC/C=C/[C@@H]2CCC[C@H]2[C@@H](/C=C/C(=O)O)O[Si](c2ccccc2)(c2ccccc2)C(C)(C)C)cc1. The summed E-state index contributed by atoms with van der Waals surface area (Å²) in [7, 11) is -1.19. The molecule has 1 aliphatic carbocycles. The molecule has 6 heteroatoms. The molecule has 0 heterocycles. The zero-order valence-corrected chi connectivity index (χ0v) is 29.2. The second-order valence-corrected chi connectivity index (χ2v) is 17.8. The van der Waals surface area contributed by atoms with Crippen molar-refractivity contribution in [1.82, 2.24) is 0 Å². The lowest BCUT2D eigenvalue weighted by molar-refractivity contribution is -0.131. The van der Waals surface area contributed by atoms with Gasteiger partial charge in [-0.1, -0.05) is 112 Å². The van der Waals surface area contributed by atoms with Crippen molar-refractivity contribution in [2.24, 2.45) is 11.8 Å². The number of allylic oxidation sites excluding steroid dienone is 2. The molecule has 0 radical (unpaired) electrons. The number of carboxylic acid groups (broad SMARTS) is 1. The summed E-state index contributed by atoms with van der Waals surface area (Å²) in [5, 5.41) is 11.9. The van der Waals surface area contributed by atoms with Gasteiger partial charge in [0.25, 0.3) is 8.32 Å². The molecule has 0 unspecified atom stereocenters.